The van der Waals surface area contributed by atoms with Crippen molar-refractivity contribution in [3.8, 4) is 11.5 Å². The summed E-state index contributed by atoms with van der Waals surface area (Å²) in [7, 11) is 0. The second kappa shape index (κ2) is 14.9. The minimum atomic E-state index is -0.529. The van der Waals surface area contributed by atoms with Crippen molar-refractivity contribution in [2.75, 3.05) is 19.8 Å². The third-order valence-corrected chi connectivity index (χ3v) is 5.08. The lowest BCUT2D eigenvalue weighted by Gasteiger charge is -2.14. The van der Waals surface area contributed by atoms with E-state index in [-0.39, 0.29) is 11.7 Å². The van der Waals surface area contributed by atoms with E-state index < -0.39 is 17.8 Å². The first-order valence-corrected chi connectivity index (χ1v) is 12.3. The maximum atomic E-state index is 12.6. The highest BCUT2D eigenvalue weighted by atomic mass is 79.9. The molecule has 0 fully saturated rings. The molecule has 0 saturated heterocycles. The van der Waals surface area contributed by atoms with Gasteiger partial charge < -0.3 is 14.2 Å². The molecule has 9 nitrogen and oxygen atoms in total. The summed E-state index contributed by atoms with van der Waals surface area (Å²) in [6.07, 6.45) is 2.57. The molecule has 0 bridgehead atoms. The van der Waals surface area contributed by atoms with E-state index in [1.165, 1.54) is 0 Å². The standard InChI is InChI=1S/C24H28BrN3O6S/c1-3-5-13-32-20-11-8-17(25)14-19(20)22(30)26-24(35)28-27-21(29)15-34-18-9-6-16(7-10-18)23(31)33-12-4-2/h6-11,14H,3-5,12-13,15H2,1-2H3,(H,27,29)(H2,26,28,30,35). The Bertz CT molecular complexity index is 1030. The second-order valence-electron chi connectivity index (χ2n) is 7.25. The van der Waals surface area contributed by atoms with Gasteiger partial charge in [-0.3, -0.25) is 25.8 Å². The molecular weight excluding hydrogens is 538 g/mol. The number of rotatable bonds is 11. The number of thiocarbonyl (C=S) groups is 1. The number of hydrazine groups is 1. The zero-order valence-corrected chi connectivity index (χ0v) is 21.9. The Labute approximate surface area is 218 Å². The Kier molecular flexibility index (Phi) is 12.0. The largest absolute Gasteiger partial charge is 0.493 e. The number of carbonyl (C=O) groups excluding carboxylic acids is 3. The summed E-state index contributed by atoms with van der Waals surface area (Å²) in [6.45, 7) is 4.48. The second-order valence-corrected chi connectivity index (χ2v) is 8.57. The third-order valence-electron chi connectivity index (χ3n) is 4.38. The first-order chi connectivity index (χ1) is 16.8. The predicted molar refractivity (Wildman–Crippen MR) is 138 cm³/mol. The summed E-state index contributed by atoms with van der Waals surface area (Å²) in [4.78, 5) is 36.5. The van der Waals surface area contributed by atoms with Gasteiger partial charge in [-0.2, -0.15) is 0 Å². The van der Waals surface area contributed by atoms with Crippen molar-refractivity contribution in [3.05, 3.63) is 58.1 Å². The van der Waals surface area contributed by atoms with Crippen LogP contribution < -0.4 is 25.6 Å². The van der Waals surface area contributed by atoms with Crippen molar-refractivity contribution in [3.63, 3.8) is 0 Å². The van der Waals surface area contributed by atoms with E-state index in [1.807, 2.05) is 13.8 Å². The van der Waals surface area contributed by atoms with Crippen molar-refractivity contribution in [1.82, 2.24) is 16.2 Å². The van der Waals surface area contributed by atoms with Crippen LogP contribution in [0.15, 0.2) is 46.9 Å². The first kappa shape index (κ1) is 28.1. The van der Waals surface area contributed by atoms with E-state index in [4.69, 9.17) is 26.4 Å². The summed E-state index contributed by atoms with van der Waals surface area (Å²) in [6, 6.07) is 11.3. The minimum absolute atomic E-state index is 0.0993. The van der Waals surface area contributed by atoms with E-state index in [9.17, 15) is 14.4 Å². The molecule has 0 heterocycles. The molecule has 0 aliphatic heterocycles. The Morgan fingerprint density at radius 2 is 1.69 bits per heavy atom. The van der Waals surface area contributed by atoms with E-state index in [0.717, 1.165) is 19.3 Å². The van der Waals surface area contributed by atoms with Gasteiger partial charge in [-0.1, -0.05) is 36.2 Å². The summed E-state index contributed by atoms with van der Waals surface area (Å²) in [5, 5.41) is 2.40. The Hall–Kier alpha value is -3.18. The fourth-order valence-corrected chi connectivity index (χ4v) is 3.12. The average Bonchev–Trinajstić information content (AvgIpc) is 2.86. The highest BCUT2D eigenvalue weighted by Gasteiger charge is 2.15. The number of halogens is 1. The smallest absolute Gasteiger partial charge is 0.338 e. The number of benzene rings is 2. The van der Waals surface area contributed by atoms with Crippen LogP contribution in [0.2, 0.25) is 0 Å². The molecule has 0 aromatic heterocycles. The molecular formula is C24H28BrN3O6S. The van der Waals surface area contributed by atoms with Crippen molar-refractivity contribution in [2.45, 2.75) is 33.1 Å². The fourth-order valence-electron chi connectivity index (χ4n) is 2.61. The molecule has 0 spiro atoms. The maximum absolute atomic E-state index is 12.6. The van der Waals surface area contributed by atoms with Crippen molar-refractivity contribution < 1.29 is 28.6 Å². The van der Waals surface area contributed by atoms with Crippen molar-refractivity contribution in [1.29, 1.82) is 0 Å². The van der Waals surface area contributed by atoms with Crippen LogP contribution in [-0.2, 0) is 9.53 Å². The molecule has 0 atom stereocenters. The van der Waals surface area contributed by atoms with Crippen molar-refractivity contribution in [2.24, 2.45) is 0 Å². The van der Waals surface area contributed by atoms with Gasteiger partial charge in [0, 0.05) is 4.47 Å². The normalized spacial score (nSPS) is 10.1. The number of hydrogen-bond donors (Lipinski definition) is 3. The number of carbonyl (C=O) groups is 3. The highest BCUT2D eigenvalue weighted by Crippen LogP contribution is 2.23. The van der Waals surface area contributed by atoms with Crippen LogP contribution in [0.3, 0.4) is 0 Å². The number of amides is 2. The topological polar surface area (TPSA) is 115 Å². The van der Waals surface area contributed by atoms with Gasteiger partial charge >= 0.3 is 5.97 Å². The van der Waals surface area contributed by atoms with Crippen LogP contribution in [0, 0.1) is 0 Å². The molecule has 0 aliphatic carbocycles. The van der Waals surface area contributed by atoms with E-state index in [1.54, 1.807) is 42.5 Å². The maximum Gasteiger partial charge on any atom is 0.338 e. The molecule has 3 N–H and O–H groups in total. The average molecular weight is 566 g/mol. The fraction of sp³-hybridized carbons (Fsp3) is 0.333. The SMILES string of the molecule is CCCCOc1ccc(Br)cc1C(=O)NC(=S)NNC(=O)COc1ccc(C(=O)OCCC)cc1. The van der Waals surface area contributed by atoms with Gasteiger partial charge in [0.25, 0.3) is 11.8 Å². The molecule has 2 rings (SSSR count). The Morgan fingerprint density at radius 3 is 2.37 bits per heavy atom. The molecule has 0 aliphatic rings. The molecule has 0 unspecified atom stereocenters. The summed E-state index contributed by atoms with van der Waals surface area (Å²) in [5.74, 6) is -0.604. The molecule has 2 amide bonds. The number of ether oxygens (including phenoxy) is 3. The third kappa shape index (κ3) is 9.91. The molecule has 11 heteroatoms. The van der Waals surface area contributed by atoms with Gasteiger partial charge in [0.2, 0.25) is 0 Å². The van der Waals surface area contributed by atoms with Gasteiger partial charge in [0.05, 0.1) is 24.3 Å². The zero-order valence-electron chi connectivity index (χ0n) is 19.5. The van der Waals surface area contributed by atoms with E-state index >= 15 is 0 Å². The van der Waals surface area contributed by atoms with Crippen LogP contribution in [-0.4, -0.2) is 42.7 Å². The van der Waals surface area contributed by atoms with Crippen LogP contribution in [0.5, 0.6) is 11.5 Å². The van der Waals surface area contributed by atoms with Crippen LogP contribution >= 0.6 is 28.1 Å². The molecule has 2 aromatic carbocycles. The van der Waals surface area contributed by atoms with E-state index in [2.05, 4.69) is 32.1 Å². The Balaban J connectivity index is 1.79. The molecule has 35 heavy (non-hydrogen) atoms. The van der Waals surface area contributed by atoms with Gasteiger partial charge in [-0.05, 0) is 67.5 Å². The predicted octanol–water partition coefficient (Wildman–Crippen LogP) is 3.91. The molecule has 0 saturated carbocycles. The van der Waals surface area contributed by atoms with Gasteiger partial charge in [0.1, 0.15) is 11.5 Å². The van der Waals surface area contributed by atoms with Gasteiger partial charge in [0.15, 0.2) is 11.7 Å². The zero-order chi connectivity index (χ0) is 25.6. The lowest BCUT2D eigenvalue weighted by Crippen LogP contribution is -2.49. The van der Waals surface area contributed by atoms with Crippen molar-refractivity contribution >= 4 is 51.0 Å². The number of nitrogens with one attached hydrogen (secondary N) is 3. The summed E-state index contributed by atoms with van der Waals surface area (Å²) in [5.41, 5.74) is 5.49. The minimum Gasteiger partial charge on any atom is -0.493 e. The van der Waals surface area contributed by atoms with Gasteiger partial charge in [-0.25, -0.2) is 4.79 Å². The van der Waals surface area contributed by atoms with Crippen LogP contribution in [0.1, 0.15) is 53.8 Å². The number of esters is 1. The van der Waals surface area contributed by atoms with E-state index in [0.29, 0.717) is 40.3 Å². The monoisotopic (exact) mass is 565 g/mol. The quantitative estimate of drug-likeness (QED) is 0.162. The molecule has 2 aromatic rings. The number of hydrogen-bond acceptors (Lipinski definition) is 7. The first-order valence-electron chi connectivity index (χ1n) is 11.1. The highest BCUT2D eigenvalue weighted by molar-refractivity contribution is 9.10. The van der Waals surface area contributed by atoms with Gasteiger partial charge in [-0.15, -0.1) is 0 Å². The lowest BCUT2D eigenvalue weighted by molar-refractivity contribution is -0.123. The lowest BCUT2D eigenvalue weighted by atomic mass is 10.2. The number of unbranched alkanes of at least 4 members (excludes halogenated alkanes) is 1. The summed E-state index contributed by atoms with van der Waals surface area (Å²) >= 11 is 8.42. The molecule has 188 valence electrons. The van der Waals surface area contributed by atoms with Crippen LogP contribution in [0.4, 0.5) is 0 Å². The summed E-state index contributed by atoms with van der Waals surface area (Å²) < 4.78 is 16.8. The Morgan fingerprint density at radius 1 is 0.943 bits per heavy atom. The van der Waals surface area contributed by atoms with Crippen LogP contribution in [0.25, 0.3) is 0 Å². The molecule has 0 radical (unpaired) electrons.